The van der Waals surface area contributed by atoms with E-state index in [1.54, 1.807) is 0 Å². The molecular formula is C17H29N3O. The molecular weight excluding hydrogens is 262 g/mol. The van der Waals surface area contributed by atoms with Crippen LogP contribution >= 0.6 is 0 Å². The number of rotatable bonds is 5. The van der Waals surface area contributed by atoms with E-state index in [-0.39, 0.29) is 6.61 Å². The first-order valence-electron chi connectivity index (χ1n) is 8.75. The van der Waals surface area contributed by atoms with Crippen LogP contribution in [0.2, 0.25) is 0 Å². The van der Waals surface area contributed by atoms with Crippen LogP contribution in [0.1, 0.15) is 69.2 Å². The van der Waals surface area contributed by atoms with Crippen molar-refractivity contribution in [2.75, 3.05) is 6.61 Å². The van der Waals surface area contributed by atoms with Crippen LogP contribution in [0.25, 0.3) is 0 Å². The minimum atomic E-state index is 0.173. The fourth-order valence-corrected chi connectivity index (χ4v) is 4.25. The lowest BCUT2D eigenvalue weighted by atomic mass is 9.81. The van der Waals surface area contributed by atoms with Crippen molar-refractivity contribution in [1.82, 2.24) is 15.1 Å². The highest BCUT2D eigenvalue weighted by molar-refractivity contribution is 5.25. The van der Waals surface area contributed by atoms with E-state index < -0.39 is 0 Å². The van der Waals surface area contributed by atoms with Gasteiger partial charge in [0, 0.05) is 23.3 Å². The second-order valence-corrected chi connectivity index (χ2v) is 6.66. The Kier molecular flexibility index (Phi) is 4.96. The molecule has 4 heteroatoms. The molecule has 0 aliphatic heterocycles. The molecule has 0 spiro atoms. The summed E-state index contributed by atoms with van der Waals surface area (Å²) in [5.41, 5.74) is 2.73. The number of aromatic nitrogens is 2. The van der Waals surface area contributed by atoms with Gasteiger partial charge in [-0.1, -0.05) is 26.2 Å². The normalized spacial score (nSPS) is 29.3. The molecule has 0 saturated heterocycles. The molecule has 1 fully saturated rings. The van der Waals surface area contributed by atoms with Gasteiger partial charge in [-0.3, -0.25) is 4.68 Å². The summed E-state index contributed by atoms with van der Waals surface area (Å²) in [7, 11) is 0. The highest BCUT2D eigenvalue weighted by Crippen LogP contribution is 2.34. The summed E-state index contributed by atoms with van der Waals surface area (Å²) in [5, 5.41) is 17.6. The molecule has 0 bridgehead atoms. The van der Waals surface area contributed by atoms with E-state index in [4.69, 9.17) is 5.11 Å². The third-order valence-corrected chi connectivity index (χ3v) is 5.42. The minimum Gasteiger partial charge on any atom is -0.394 e. The Bertz CT molecular complexity index is 457. The molecule has 118 valence electrons. The number of nitrogens with one attached hydrogen (secondary N) is 1. The Morgan fingerprint density at radius 3 is 2.95 bits per heavy atom. The van der Waals surface area contributed by atoms with Gasteiger partial charge in [-0.15, -0.1) is 0 Å². The third-order valence-electron chi connectivity index (χ3n) is 5.42. The van der Waals surface area contributed by atoms with Crippen molar-refractivity contribution in [1.29, 1.82) is 0 Å². The van der Waals surface area contributed by atoms with E-state index in [0.29, 0.717) is 18.6 Å². The molecule has 3 atom stereocenters. The average Bonchev–Trinajstić information content (AvgIpc) is 2.93. The van der Waals surface area contributed by atoms with E-state index in [1.165, 1.54) is 56.2 Å². The highest BCUT2D eigenvalue weighted by Gasteiger charge is 2.30. The van der Waals surface area contributed by atoms with Gasteiger partial charge in [-0.2, -0.15) is 5.10 Å². The van der Waals surface area contributed by atoms with Crippen molar-refractivity contribution >= 4 is 0 Å². The maximum atomic E-state index is 9.16. The lowest BCUT2D eigenvalue weighted by Gasteiger charge is -2.36. The summed E-state index contributed by atoms with van der Waals surface area (Å²) in [6, 6.07) is 1.15. The molecule has 0 radical (unpaired) electrons. The fraction of sp³-hybridized carbons (Fsp3) is 0.824. The van der Waals surface area contributed by atoms with Crippen LogP contribution in [0.15, 0.2) is 6.20 Å². The standard InChI is InChI=1S/C17H29N3O/c1-2-13-6-3-4-7-15(13)19-16-8-5-9-17-14(16)12-18-20(17)10-11-21/h12-13,15-16,19,21H,2-11H2,1H3. The predicted octanol–water partition coefficient (Wildman–Crippen LogP) is 2.81. The largest absolute Gasteiger partial charge is 0.394 e. The number of fused-ring (bicyclic) bond motifs is 1. The zero-order chi connectivity index (χ0) is 14.7. The van der Waals surface area contributed by atoms with Gasteiger partial charge < -0.3 is 10.4 Å². The van der Waals surface area contributed by atoms with Gasteiger partial charge in [0.15, 0.2) is 0 Å². The molecule has 0 amide bonds. The molecule has 2 aliphatic carbocycles. The van der Waals surface area contributed by atoms with Crippen LogP contribution in [0.3, 0.4) is 0 Å². The van der Waals surface area contributed by atoms with Crippen molar-refractivity contribution in [3.63, 3.8) is 0 Å². The van der Waals surface area contributed by atoms with Crippen molar-refractivity contribution in [2.45, 2.75) is 76.9 Å². The molecule has 0 aromatic carbocycles. The lowest BCUT2D eigenvalue weighted by Crippen LogP contribution is -2.41. The van der Waals surface area contributed by atoms with Gasteiger partial charge in [0.1, 0.15) is 0 Å². The third kappa shape index (κ3) is 3.16. The molecule has 3 unspecified atom stereocenters. The molecule has 1 saturated carbocycles. The number of nitrogens with zero attached hydrogens (tertiary/aromatic N) is 2. The van der Waals surface area contributed by atoms with E-state index in [1.807, 2.05) is 10.9 Å². The topological polar surface area (TPSA) is 50.1 Å². The minimum absolute atomic E-state index is 0.173. The maximum absolute atomic E-state index is 9.16. The summed E-state index contributed by atoms with van der Waals surface area (Å²) >= 11 is 0. The zero-order valence-corrected chi connectivity index (χ0v) is 13.2. The van der Waals surface area contributed by atoms with Crippen LogP contribution in [-0.4, -0.2) is 27.5 Å². The Morgan fingerprint density at radius 2 is 2.14 bits per heavy atom. The van der Waals surface area contributed by atoms with Gasteiger partial charge in [-0.05, 0) is 38.0 Å². The van der Waals surface area contributed by atoms with Crippen LogP contribution < -0.4 is 5.32 Å². The van der Waals surface area contributed by atoms with E-state index >= 15 is 0 Å². The monoisotopic (exact) mass is 291 g/mol. The van der Waals surface area contributed by atoms with Gasteiger partial charge in [0.05, 0.1) is 19.3 Å². The summed E-state index contributed by atoms with van der Waals surface area (Å²) in [6.45, 7) is 3.13. The van der Waals surface area contributed by atoms with E-state index in [0.717, 1.165) is 12.3 Å². The van der Waals surface area contributed by atoms with Crippen molar-refractivity contribution in [2.24, 2.45) is 5.92 Å². The zero-order valence-electron chi connectivity index (χ0n) is 13.2. The first-order valence-corrected chi connectivity index (χ1v) is 8.75. The van der Waals surface area contributed by atoms with Gasteiger partial charge in [-0.25, -0.2) is 0 Å². The summed E-state index contributed by atoms with van der Waals surface area (Å²) in [4.78, 5) is 0. The summed E-state index contributed by atoms with van der Waals surface area (Å²) in [6.07, 6.45) is 12.4. The Labute approximate surface area is 127 Å². The molecule has 3 rings (SSSR count). The number of aliphatic hydroxyl groups excluding tert-OH is 1. The Hall–Kier alpha value is -0.870. The second kappa shape index (κ2) is 6.93. The molecule has 2 N–H and O–H groups in total. The van der Waals surface area contributed by atoms with Crippen LogP contribution in [0.5, 0.6) is 0 Å². The van der Waals surface area contributed by atoms with E-state index in [2.05, 4.69) is 17.3 Å². The summed E-state index contributed by atoms with van der Waals surface area (Å²) in [5.74, 6) is 0.844. The van der Waals surface area contributed by atoms with Crippen LogP contribution in [0, 0.1) is 5.92 Å². The first kappa shape index (κ1) is 15.0. The van der Waals surface area contributed by atoms with Gasteiger partial charge in [0.25, 0.3) is 0 Å². The molecule has 1 aromatic rings. The van der Waals surface area contributed by atoms with Crippen LogP contribution in [0.4, 0.5) is 0 Å². The van der Waals surface area contributed by atoms with Gasteiger partial charge in [0.2, 0.25) is 0 Å². The number of hydrogen-bond donors (Lipinski definition) is 2. The van der Waals surface area contributed by atoms with Gasteiger partial charge >= 0.3 is 0 Å². The molecule has 4 nitrogen and oxygen atoms in total. The van der Waals surface area contributed by atoms with Crippen molar-refractivity contribution < 1.29 is 5.11 Å². The Balaban J connectivity index is 1.72. The predicted molar refractivity (Wildman–Crippen MR) is 84.2 cm³/mol. The fourth-order valence-electron chi connectivity index (χ4n) is 4.25. The number of hydrogen-bond acceptors (Lipinski definition) is 3. The van der Waals surface area contributed by atoms with Crippen molar-refractivity contribution in [3.8, 4) is 0 Å². The second-order valence-electron chi connectivity index (χ2n) is 6.66. The Morgan fingerprint density at radius 1 is 1.29 bits per heavy atom. The molecule has 1 heterocycles. The molecule has 1 aromatic heterocycles. The SMILES string of the molecule is CCC1CCCCC1NC1CCCc2c1cnn2CCO. The number of aliphatic hydroxyl groups is 1. The van der Waals surface area contributed by atoms with Crippen LogP contribution in [-0.2, 0) is 13.0 Å². The first-order chi connectivity index (χ1) is 10.3. The summed E-state index contributed by atoms with van der Waals surface area (Å²) < 4.78 is 2.00. The van der Waals surface area contributed by atoms with E-state index in [9.17, 15) is 0 Å². The smallest absolute Gasteiger partial charge is 0.0644 e. The molecule has 21 heavy (non-hydrogen) atoms. The highest BCUT2D eigenvalue weighted by atomic mass is 16.3. The van der Waals surface area contributed by atoms with Crippen molar-refractivity contribution in [3.05, 3.63) is 17.5 Å². The maximum Gasteiger partial charge on any atom is 0.0644 e. The quantitative estimate of drug-likeness (QED) is 0.877. The average molecular weight is 291 g/mol. The lowest BCUT2D eigenvalue weighted by molar-refractivity contribution is 0.228. The molecule has 2 aliphatic rings.